The van der Waals surface area contributed by atoms with E-state index < -0.39 is 0 Å². The van der Waals surface area contributed by atoms with Crippen molar-refractivity contribution in [1.82, 2.24) is 0 Å². The molecule has 0 aromatic heterocycles. The molecule has 3 rings (SSSR count). The topological polar surface area (TPSA) is 72.6 Å². The Morgan fingerprint density at radius 1 is 1.29 bits per heavy atom. The Morgan fingerprint density at radius 3 is 2.57 bits per heavy atom. The highest BCUT2D eigenvalue weighted by Gasteiger charge is 2.45. The normalized spacial score (nSPS) is 24.3. The molecule has 1 saturated heterocycles. The zero-order chi connectivity index (χ0) is 15.0. The number of carbonyl (C=O) groups is 2. The molecule has 1 aliphatic carbocycles. The number of hydrogen-bond donors (Lipinski definition) is 1. The van der Waals surface area contributed by atoms with E-state index in [4.69, 9.17) is 22.7 Å². The molecule has 1 aromatic rings. The van der Waals surface area contributed by atoms with E-state index in [1.807, 2.05) is 0 Å². The SMILES string of the molecule is NC(=S)COc1cccc(N2C(=O)C3CCC(C3)C2=O)c1. The van der Waals surface area contributed by atoms with Crippen LogP contribution in [0, 0.1) is 11.8 Å². The molecule has 0 spiro atoms. The molecular formula is C15H16N2O3S. The Bertz CT molecular complexity index is 595. The number of benzene rings is 1. The molecule has 5 nitrogen and oxygen atoms in total. The highest BCUT2D eigenvalue weighted by atomic mass is 32.1. The van der Waals surface area contributed by atoms with Crippen LogP contribution >= 0.6 is 12.2 Å². The van der Waals surface area contributed by atoms with Crippen LogP contribution in [0.5, 0.6) is 5.75 Å². The van der Waals surface area contributed by atoms with Crippen LogP contribution in [-0.4, -0.2) is 23.4 Å². The van der Waals surface area contributed by atoms with Crippen molar-refractivity contribution >= 4 is 34.7 Å². The Labute approximate surface area is 128 Å². The summed E-state index contributed by atoms with van der Waals surface area (Å²) in [5.74, 6) is 0.307. The predicted molar refractivity (Wildman–Crippen MR) is 82.0 cm³/mol. The molecule has 2 unspecified atom stereocenters. The van der Waals surface area contributed by atoms with E-state index in [0.717, 1.165) is 12.8 Å². The molecule has 2 atom stereocenters. The van der Waals surface area contributed by atoms with E-state index in [1.165, 1.54) is 4.90 Å². The van der Waals surface area contributed by atoms with E-state index in [9.17, 15) is 9.59 Å². The first-order valence-electron chi connectivity index (χ1n) is 6.95. The van der Waals surface area contributed by atoms with Gasteiger partial charge in [-0.15, -0.1) is 0 Å². The van der Waals surface area contributed by atoms with Gasteiger partial charge < -0.3 is 10.5 Å². The lowest BCUT2D eigenvalue weighted by Crippen LogP contribution is -2.46. The Morgan fingerprint density at radius 2 is 1.95 bits per heavy atom. The van der Waals surface area contributed by atoms with E-state index in [1.54, 1.807) is 24.3 Å². The van der Waals surface area contributed by atoms with E-state index >= 15 is 0 Å². The van der Waals surface area contributed by atoms with Gasteiger partial charge in [0.1, 0.15) is 17.3 Å². The minimum atomic E-state index is -0.0970. The molecule has 1 aromatic carbocycles. The van der Waals surface area contributed by atoms with Gasteiger partial charge in [0, 0.05) is 17.9 Å². The first-order chi connectivity index (χ1) is 10.1. The highest BCUT2D eigenvalue weighted by Crippen LogP contribution is 2.40. The molecule has 110 valence electrons. The van der Waals surface area contributed by atoms with E-state index in [2.05, 4.69) is 0 Å². The zero-order valence-corrected chi connectivity index (χ0v) is 12.3. The lowest BCUT2D eigenvalue weighted by Gasteiger charge is -2.29. The van der Waals surface area contributed by atoms with Gasteiger partial charge in [0.05, 0.1) is 5.69 Å². The molecular weight excluding hydrogens is 288 g/mol. The van der Waals surface area contributed by atoms with Crippen LogP contribution in [0.25, 0.3) is 0 Å². The second kappa shape index (κ2) is 5.44. The second-order valence-corrected chi connectivity index (χ2v) is 6.00. The maximum absolute atomic E-state index is 12.4. The van der Waals surface area contributed by atoms with Gasteiger partial charge in [0.15, 0.2) is 0 Å². The number of fused-ring (bicyclic) bond motifs is 2. The van der Waals surface area contributed by atoms with Crippen molar-refractivity contribution in [3.05, 3.63) is 24.3 Å². The zero-order valence-electron chi connectivity index (χ0n) is 11.5. The number of nitrogens with two attached hydrogens (primary N) is 1. The summed E-state index contributed by atoms with van der Waals surface area (Å²) >= 11 is 4.76. The molecule has 1 heterocycles. The van der Waals surface area contributed by atoms with Crippen LogP contribution < -0.4 is 15.4 Å². The fraction of sp³-hybridized carbons (Fsp3) is 0.400. The van der Waals surface area contributed by atoms with Crippen molar-refractivity contribution < 1.29 is 14.3 Å². The largest absolute Gasteiger partial charge is 0.486 e. The van der Waals surface area contributed by atoms with Crippen molar-refractivity contribution in [2.24, 2.45) is 17.6 Å². The number of rotatable bonds is 4. The molecule has 2 fully saturated rings. The smallest absolute Gasteiger partial charge is 0.236 e. The molecule has 2 N–H and O–H groups in total. The summed E-state index contributed by atoms with van der Waals surface area (Å²) in [6, 6.07) is 6.92. The van der Waals surface area contributed by atoms with Gasteiger partial charge in [-0.3, -0.25) is 9.59 Å². The molecule has 1 aliphatic heterocycles. The number of carbonyl (C=O) groups excluding carboxylic acids is 2. The molecule has 2 bridgehead atoms. The van der Waals surface area contributed by atoms with E-state index in [0.29, 0.717) is 17.9 Å². The highest BCUT2D eigenvalue weighted by molar-refractivity contribution is 7.80. The Kier molecular flexibility index (Phi) is 3.63. The van der Waals surface area contributed by atoms with E-state index in [-0.39, 0.29) is 35.2 Å². The van der Waals surface area contributed by atoms with Crippen molar-refractivity contribution in [1.29, 1.82) is 0 Å². The number of nitrogens with zero attached hydrogens (tertiary/aromatic N) is 1. The van der Waals surface area contributed by atoms with Gasteiger partial charge in [-0.2, -0.15) is 0 Å². The third-order valence-corrected chi connectivity index (χ3v) is 4.15. The first kappa shape index (κ1) is 14.0. The lowest BCUT2D eigenvalue weighted by molar-refractivity contribution is -0.132. The lowest BCUT2D eigenvalue weighted by atomic mass is 9.96. The third kappa shape index (κ3) is 2.63. The van der Waals surface area contributed by atoms with Crippen molar-refractivity contribution in [2.45, 2.75) is 19.3 Å². The summed E-state index contributed by atoms with van der Waals surface area (Å²) in [5, 5.41) is 0. The minimum Gasteiger partial charge on any atom is -0.486 e. The van der Waals surface area contributed by atoms with Gasteiger partial charge in [0.2, 0.25) is 11.8 Å². The number of imide groups is 1. The minimum absolute atomic E-state index is 0.0195. The maximum Gasteiger partial charge on any atom is 0.236 e. The molecule has 2 amide bonds. The standard InChI is InChI=1S/C15H16N2O3S/c16-13(21)8-20-12-3-1-2-11(7-12)17-14(18)9-4-5-10(6-9)15(17)19/h1-3,7,9-10H,4-6,8H2,(H2,16,21). The number of hydrogen-bond acceptors (Lipinski definition) is 4. The van der Waals surface area contributed by atoms with Crippen molar-refractivity contribution in [2.75, 3.05) is 11.5 Å². The van der Waals surface area contributed by atoms with Gasteiger partial charge in [-0.25, -0.2) is 4.90 Å². The van der Waals surface area contributed by atoms with Crippen LogP contribution in [0.1, 0.15) is 19.3 Å². The number of anilines is 1. The molecule has 1 saturated carbocycles. The molecule has 21 heavy (non-hydrogen) atoms. The summed E-state index contributed by atoms with van der Waals surface area (Å²) < 4.78 is 5.42. The molecule has 2 aliphatic rings. The van der Waals surface area contributed by atoms with Gasteiger partial charge in [0.25, 0.3) is 0 Å². The van der Waals surface area contributed by atoms with Gasteiger partial charge in [-0.1, -0.05) is 18.3 Å². The summed E-state index contributed by atoms with van der Waals surface area (Å²) in [7, 11) is 0. The predicted octanol–water partition coefficient (Wildman–Crippen LogP) is 1.64. The van der Waals surface area contributed by atoms with Gasteiger partial charge >= 0.3 is 0 Å². The average Bonchev–Trinajstić information content (AvgIpc) is 2.91. The molecule has 6 heteroatoms. The summed E-state index contributed by atoms with van der Waals surface area (Å²) in [4.78, 5) is 26.3. The average molecular weight is 304 g/mol. The van der Waals surface area contributed by atoms with Crippen LogP contribution in [0.15, 0.2) is 24.3 Å². The number of amides is 2. The van der Waals surface area contributed by atoms with Crippen molar-refractivity contribution in [3.63, 3.8) is 0 Å². The fourth-order valence-electron chi connectivity index (χ4n) is 3.03. The number of piperidine rings is 1. The van der Waals surface area contributed by atoms with Gasteiger partial charge in [-0.05, 0) is 31.4 Å². The maximum atomic E-state index is 12.4. The third-order valence-electron chi connectivity index (χ3n) is 4.03. The van der Waals surface area contributed by atoms with Crippen LogP contribution in [0.4, 0.5) is 5.69 Å². The first-order valence-corrected chi connectivity index (χ1v) is 7.36. The fourth-order valence-corrected chi connectivity index (χ4v) is 3.08. The van der Waals surface area contributed by atoms with Crippen LogP contribution in [0.3, 0.4) is 0 Å². The van der Waals surface area contributed by atoms with Crippen molar-refractivity contribution in [3.8, 4) is 5.75 Å². The van der Waals surface area contributed by atoms with Crippen LogP contribution in [-0.2, 0) is 9.59 Å². The number of thiocarbonyl (C=S) groups is 1. The second-order valence-electron chi connectivity index (χ2n) is 5.47. The molecule has 0 radical (unpaired) electrons. The Hall–Kier alpha value is -1.95. The monoisotopic (exact) mass is 304 g/mol. The van der Waals surface area contributed by atoms with Crippen LogP contribution in [0.2, 0.25) is 0 Å². The number of ether oxygens (including phenoxy) is 1. The summed E-state index contributed by atoms with van der Waals surface area (Å²) in [6.07, 6.45) is 2.32. The Balaban J connectivity index is 1.85. The summed E-state index contributed by atoms with van der Waals surface area (Å²) in [6.45, 7) is 0.131. The summed E-state index contributed by atoms with van der Waals surface area (Å²) in [5.41, 5.74) is 5.96. The quantitative estimate of drug-likeness (QED) is 0.676.